The van der Waals surface area contributed by atoms with Crippen molar-refractivity contribution in [1.82, 2.24) is 10.2 Å². The molecule has 1 amide bonds. The first-order chi connectivity index (χ1) is 10.4. The lowest BCUT2D eigenvalue weighted by molar-refractivity contribution is -0.274. The zero-order chi connectivity index (χ0) is 15.8. The average Bonchev–Trinajstić information content (AvgIpc) is 3.00. The lowest BCUT2D eigenvalue weighted by Gasteiger charge is -2.32. The van der Waals surface area contributed by atoms with E-state index in [1.165, 1.54) is 12.1 Å². The Morgan fingerprint density at radius 1 is 1.23 bits per heavy atom. The molecule has 0 unspecified atom stereocenters. The summed E-state index contributed by atoms with van der Waals surface area (Å²) in [6.45, 7) is 2.07. The molecule has 1 N–H and O–H groups in total. The minimum atomic E-state index is -4.68. The normalized spacial score (nSPS) is 25.7. The highest BCUT2D eigenvalue weighted by molar-refractivity contribution is 5.88. The summed E-state index contributed by atoms with van der Waals surface area (Å²) in [6.07, 6.45) is -2.08. The third-order valence-electron chi connectivity index (χ3n) is 4.40. The van der Waals surface area contributed by atoms with E-state index in [2.05, 4.69) is 15.0 Å². The van der Waals surface area contributed by atoms with E-state index in [1.54, 1.807) is 12.1 Å². The maximum absolute atomic E-state index is 12.1. The molecule has 2 saturated heterocycles. The first-order valence-corrected chi connectivity index (χ1v) is 7.27. The molecule has 2 aliphatic heterocycles. The van der Waals surface area contributed by atoms with Gasteiger partial charge in [0.25, 0.3) is 0 Å². The van der Waals surface area contributed by atoms with Crippen LogP contribution < -0.4 is 10.1 Å². The molecule has 7 heteroatoms. The summed E-state index contributed by atoms with van der Waals surface area (Å²) in [5.41, 5.74) is 0.441. The van der Waals surface area contributed by atoms with Crippen LogP contribution in [0.5, 0.6) is 5.75 Å². The molecule has 3 rings (SSSR count). The van der Waals surface area contributed by atoms with E-state index in [1.807, 2.05) is 0 Å². The molecule has 2 aliphatic rings. The van der Waals surface area contributed by atoms with Gasteiger partial charge >= 0.3 is 6.36 Å². The number of amides is 1. The zero-order valence-corrected chi connectivity index (χ0v) is 11.9. The fraction of sp³-hybridized carbons (Fsp3) is 0.533. The molecular formula is C15H17F3N2O2. The summed E-state index contributed by atoms with van der Waals surface area (Å²) in [6, 6.07) is 5.83. The molecule has 2 heterocycles. The quantitative estimate of drug-likeness (QED) is 0.932. The number of benzene rings is 1. The number of likely N-dealkylation sites (tertiary alicyclic amines) is 1. The molecule has 1 spiro atoms. The highest BCUT2D eigenvalue weighted by Gasteiger charge is 2.49. The number of ether oxygens (including phenoxy) is 1. The van der Waals surface area contributed by atoms with Gasteiger partial charge in [-0.3, -0.25) is 9.69 Å². The first-order valence-electron chi connectivity index (χ1n) is 7.27. The molecule has 1 atom stereocenters. The molecular weight excluding hydrogens is 297 g/mol. The predicted octanol–water partition coefficient (Wildman–Crippen LogP) is 2.44. The molecule has 0 saturated carbocycles. The Hall–Kier alpha value is -1.76. The second-order valence-electron chi connectivity index (χ2n) is 5.75. The average molecular weight is 314 g/mol. The van der Waals surface area contributed by atoms with Crippen LogP contribution in [0.3, 0.4) is 0 Å². The van der Waals surface area contributed by atoms with Crippen molar-refractivity contribution in [2.75, 3.05) is 13.1 Å². The maximum Gasteiger partial charge on any atom is 0.573 e. The Balaban J connectivity index is 1.69. The van der Waals surface area contributed by atoms with E-state index >= 15 is 0 Å². The van der Waals surface area contributed by atoms with Crippen molar-refractivity contribution in [3.8, 4) is 5.75 Å². The third-order valence-corrected chi connectivity index (χ3v) is 4.40. The van der Waals surface area contributed by atoms with Crippen molar-refractivity contribution in [2.45, 2.75) is 37.7 Å². The van der Waals surface area contributed by atoms with Gasteiger partial charge in [-0.05, 0) is 43.5 Å². The van der Waals surface area contributed by atoms with Crippen molar-refractivity contribution in [3.05, 3.63) is 29.8 Å². The summed E-state index contributed by atoms with van der Waals surface area (Å²) in [5, 5.41) is 2.88. The van der Waals surface area contributed by atoms with Crippen molar-refractivity contribution in [2.24, 2.45) is 0 Å². The van der Waals surface area contributed by atoms with Gasteiger partial charge in [-0.1, -0.05) is 12.1 Å². The minimum Gasteiger partial charge on any atom is -0.406 e. The van der Waals surface area contributed by atoms with Gasteiger partial charge in [-0.2, -0.15) is 0 Å². The lowest BCUT2D eigenvalue weighted by Crippen LogP contribution is -2.49. The lowest BCUT2D eigenvalue weighted by atomic mass is 9.94. The Labute approximate surface area is 126 Å². The topological polar surface area (TPSA) is 41.6 Å². The Morgan fingerprint density at radius 3 is 2.55 bits per heavy atom. The molecule has 0 radical (unpaired) electrons. The third kappa shape index (κ3) is 2.90. The zero-order valence-electron chi connectivity index (χ0n) is 11.9. The summed E-state index contributed by atoms with van der Waals surface area (Å²) in [7, 11) is 0. The number of carbonyl (C=O) groups excluding carboxylic acids is 1. The number of rotatable bonds is 3. The minimum absolute atomic E-state index is 0.0713. The van der Waals surface area contributed by atoms with E-state index in [0.29, 0.717) is 13.1 Å². The molecule has 2 fully saturated rings. The van der Waals surface area contributed by atoms with Crippen LogP contribution >= 0.6 is 0 Å². The molecule has 0 aromatic heterocycles. The Morgan fingerprint density at radius 2 is 1.95 bits per heavy atom. The predicted molar refractivity (Wildman–Crippen MR) is 73.1 cm³/mol. The molecule has 1 aromatic carbocycles. The monoisotopic (exact) mass is 314 g/mol. The highest BCUT2D eigenvalue weighted by atomic mass is 19.4. The second-order valence-corrected chi connectivity index (χ2v) is 5.75. The van der Waals surface area contributed by atoms with Crippen molar-refractivity contribution < 1.29 is 22.7 Å². The van der Waals surface area contributed by atoms with Gasteiger partial charge in [0.2, 0.25) is 5.91 Å². The largest absolute Gasteiger partial charge is 0.573 e. The van der Waals surface area contributed by atoms with Gasteiger partial charge in [0.05, 0.1) is 0 Å². The van der Waals surface area contributed by atoms with Crippen LogP contribution in [-0.2, 0) is 11.3 Å². The highest BCUT2D eigenvalue weighted by Crippen LogP contribution is 2.36. The standard InChI is InChI=1S/C15H17F3N2O2/c16-15(17,18)22-12-4-2-11(3-5-12)10-20-9-1-6-14(20)7-8-19-13(14)21/h2-5H,1,6-10H2,(H,19,21)/t14-/m1/s1. The van der Waals surface area contributed by atoms with Crippen molar-refractivity contribution >= 4 is 5.91 Å². The van der Waals surface area contributed by atoms with Gasteiger partial charge in [-0.15, -0.1) is 13.2 Å². The molecule has 0 aliphatic carbocycles. The molecule has 22 heavy (non-hydrogen) atoms. The summed E-state index contributed by atoms with van der Waals surface area (Å²) >= 11 is 0. The van der Waals surface area contributed by atoms with Crippen LogP contribution in [0.15, 0.2) is 24.3 Å². The fourth-order valence-corrected chi connectivity index (χ4v) is 3.38. The number of hydrogen-bond donors (Lipinski definition) is 1. The van der Waals surface area contributed by atoms with E-state index in [-0.39, 0.29) is 11.7 Å². The summed E-state index contributed by atoms with van der Waals surface area (Å²) in [4.78, 5) is 14.2. The summed E-state index contributed by atoms with van der Waals surface area (Å²) in [5.74, 6) is -0.159. The summed E-state index contributed by atoms with van der Waals surface area (Å²) < 4.78 is 40.3. The second kappa shape index (κ2) is 5.46. The molecule has 4 nitrogen and oxygen atoms in total. The number of nitrogens with zero attached hydrogens (tertiary/aromatic N) is 1. The van der Waals surface area contributed by atoms with Crippen molar-refractivity contribution in [3.63, 3.8) is 0 Å². The number of hydrogen-bond acceptors (Lipinski definition) is 3. The number of halogens is 3. The van der Waals surface area contributed by atoms with Crippen molar-refractivity contribution in [1.29, 1.82) is 0 Å². The Kier molecular flexibility index (Phi) is 3.76. The maximum atomic E-state index is 12.1. The van der Waals surface area contributed by atoms with Gasteiger partial charge in [0.15, 0.2) is 0 Å². The molecule has 1 aromatic rings. The number of nitrogens with one attached hydrogen (secondary N) is 1. The Bertz CT molecular complexity index is 555. The number of alkyl halides is 3. The van der Waals surface area contributed by atoms with Crippen LogP contribution in [-0.4, -0.2) is 35.8 Å². The van der Waals surface area contributed by atoms with Crippen LogP contribution in [0.2, 0.25) is 0 Å². The van der Waals surface area contributed by atoms with Gasteiger partial charge < -0.3 is 10.1 Å². The van der Waals surface area contributed by atoms with E-state index in [0.717, 1.165) is 31.4 Å². The van der Waals surface area contributed by atoms with Crippen LogP contribution in [0.25, 0.3) is 0 Å². The van der Waals surface area contributed by atoms with E-state index in [9.17, 15) is 18.0 Å². The fourth-order valence-electron chi connectivity index (χ4n) is 3.38. The van der Waals surface area contributed by atoms with Gasteiger partial charge in [0, 0.05) is 13.1 Å². The first kappa shape index (κ1) is 15.1. The van der Waals surface area contributed by atoms with E-state index < -0.39 is 11.9 Å². The smallest absolute Gasteiger partial charge is 0.406 e. The number of carbonyl (C=O) groups is 1. The molecule has 120 valence electrons. The molecule has 0 bridgehead atoms. The van der Waals surface area contributed by atoms with Gasteiger partial charge in [0.1, 0.15) is 11.3 Å². The van der Waals surface area contributed by atoms with E-state index in [4.69, 9.17) is 0 Å². The van der Waals surface area contributed by atoms with Gasteiger partial charge in [-0.25, -0.2) is 0 Å². The van der Waals surface area contributed by atoms with Crippen LogP contribution in [0, 0.1) is 0 Å². The van der Waals surface area contributed by atoms with Crippen LogP contribution in [0.1, 0.15) is 24.8 Å². The SMILES string of the molecule is O=C1NCC[C@]12CCCN2Cc1ccc(OC(F)(F)F)cc1. The van der Waals surface area contributed by atoms with Crippen LogP contribution in [0.4, 0.5) is 13.2 Å².